The largest absolute Gasteiger partial charge is 0.331 e. The zero-order valence-electron chi connectivity index (χ0n) is 14.6. The van der Waals surface area contributed by atoms with Crippen molar-refractivity contribution in [3.05, 3.63) is 66.0 Å². The second-order valence-corrected chi connectivity index (χ2v) is 6.65. The van der Waals surface area contributed by atoms with Crippen molar-refractivity contribution in [2.75, 3.05) is 6.54 Å². The summed E-state index contributed by atoms with van der Waals surface area (Å²) in [4.78, 5) is 30.4. The van der Waals surface area contributed by atoms with E-state index >= 15 is 0 Å². The van der Waals surface area contributed by atoms with E-state index in [1.807, 2.05) is 24.5 Å². The second-order valence-electron chi connectivity index (χ2n) is 6.65. The molecule has 1 aliphatic rings. The molecule has 4 rings (SSSR count). The third-order valence-corrected chi connectivity index (χ3v) is 4.94. The molecule has 0 fully saturated rings. The van der Waals surface area contributed by atoms with Crippen LogP contribution in [0.3, 0.4) is 0 Å². The van der Waals surface area contributed by atoms with Crippen molar-refractivity contribution in [2.45, 2.75) is 32.2 Å². The quantitative estimate of drug-likeness (QED) is 0.481. The maximum absolute atomic E-state index is 12.3. The average molecular weight is 347 g/mol. The van der Waals surface area contributed by atoms with Crippen LogP contribution in [0.15, 0.2) is 54.9 Å². The lowest BCUT2D eigenvalue weighted by Crippen LogP contribution is -2.30. The number of nitrogens with zero attached hydrogens (tertiary/aromatic N) is 3. The zero-order chi connectivity index (χ0) is 17.9. The molecule has 1 aromatic heterocycles. The molecular formula is C21H21N3O2. The Kier molecular flexibility index (Phi) is 4.52. The number of para-hydroxylation sites is 2. The Balaban J connectivity index is 1.23. The summed E-state index contributed by atoms with van der Waals surface area (Å²) in [5, 5.41) is 0. The molecule has 5 nitrogen and oxygen atoms in total. The Morgan fingerprint density at radius 2 is 1.35 bits per heavy atom. The Bertz CT molecular complexity index is 926. The third-order valence-electron chi connectivity index (χ3n) is 4.94. The zero-order valence-corrected chi connectivity index (χ0v) is 14.6. The van der Waals surface area contributed by atoms with Gasteiger partial charge < -0.3 is 4.57 Å². The number of carbonyl (C=O) groups is 2. The fourth-order valence-corrected chi connectivity index (χ4v) is 3.54. The van der Waals surface area contributed by atoms with Crippen molar-refractivity contribution < 1.29 is 9.59 Å². The minimum Gasteiger partial charge on any atom is -0.331 e. The maximum Gasteiger partial charge on any atom is 0.261 e. The Labute approximate surface area is 152 Å². The molecule has 0 atom stereocenters. The molecule has 0 radical (unpaired) electrons. The molecule has 0 spiro atoms. The van der Waals surface area contributed by atoms with E-state index in [2.05, 4.69) is 15.6 Å². The van der Waals surface area contributed by atoms with Gasteiger partial charge in [0.25, 0.3) is 11.8 Å². The molecule has 0 saturated heterocycles. The summed E-state index contributed by atoms with van der Waals surface area (Å²) in [7, 11) is 0. The smallest absolute Gasteiger partial charge is 0.261 e. The van der Waals surface area contributed by atoms with E-state index in [1.165, 1.54) is 10.4 Å². The summed E-state index contributed by atoms with van der Waals surface area (Å²) >= 11 is 0. The van der Waals surface area contributed by atoms with Crippen molar-refractivity contribution in [3.63, 3.8) is 0 Å². The monoisotopic (exact) mass is 347 g/mol. The number of benzene rings is 2. The highest BCUT2D eigenvalue weighted by atomic mass is 16.2. The van der Waals surface area contributed by atoms with E-state index in [-0.39, 0.29) is 11.8 Å². The van der Waals surface area contributed by atoms with Gasteiger partial charge in [-0.1, -0.05) is 37.1 Å². The molecule has 132 valence electrons. The first-order chi connectivity index (χ1) is 12.8. The highest BCUT2D eigenvalue weighted by Crippen LogP contribution is 2.23. The van der Waals surface area contributed by atoms with Gasteiger partial charge in [0.05, 0.1) is 28.5 Å². The van der Waals surface area contributed by atoms with Crippen LogP contribution < -0.4 is 0 Å². The maximum atomic E-state index is 12.3. The first-order valence-corrected chi connectivity index (χ1v) is 9.11. The summed E-state index contributed by atoms with van der Waals surface area (Å²) in [5.74, 6) is -0.314. The fraction of sp³-hybridized carbons (Fsp3) is 0.286. The number of rotatable bonds is 7. The number of imide groups is 1. The number of fused-ring (bicyclic) bond motifs is 2. The summed E-state index contributed by atoms with van der Waals surface area (Å²) in [6, 6.07) is 15.2. The topological polar surface area (TPSA) is 55.2 Å². The molecule has 0 aliphatic carbocycles. The Morgan fingerprint density at radius 1 is 0.731 bits per heavy atom. The van der Waals surface area contributed by atoms with Gasteiger partial charge in [0.2, 0.25) is 0 Å². The van der Waals surface area contributed by atoms with Crippen molar-refractivity contribution in [1.29, 1.82) is 0 Å². The van der Waals surface area contributed by atoms with Crippen molar-refractivity contribution in [2.24, 2.45) is 0 Å². The molecule has 0 N–H and O–H groups in total. The van der Waals surface area contributed by atoms with Crippen LogP contribution in [0.2, 0.25) is 0 Å². The van der Waals surface area contributed by atoms with E-state index in [0.29, 0.717) is 17.7 Å². The predicted octanol–water partition coefficient (Wildman–Crippen LogP) is 3.89. The number of unbranched alkanes of at least 4 members (excludes halogenated alkanes) is 3. The van der Waals surface area contributed by atoms with Gasteiger partial charge in [-0.15, -0.1) is 0 Å². The molecule has 2 amide bonds. The molecule has 0 saturated carbocycles. The van der Waals surface area contributed by atoms with Gasteiger partial charge in [0.1, 0.15) is 0 Å². The average Bonchev–Trinajstić information content (AvgIpc) is 3.19. The summed E-state index contributed by atoms with van der Waals surface area (Å²) in [6.07, 6.45) is 5.86. The molecule has 2 heterocycles. The van der Waals surface area contributed by atoms with E-state index in [1.54, 1.807) is 24.3 Å². The summed E-state index contributed by atoms with van der Waals surface area (Å²) in [6.45, 7) is 1.44. The van der Waals surface area contributed by atoms with E-state index in [9.17, 15) is 9.59 Å². The number of imidazole rings is 1. The van der Waals surface area contributed by atoms with Crippen molar-refractivity contribution in [1.82, 2.24) is 14.5 Å². The van der Waals surface area contributed by atoms with Crippen LogP contribution in [0.5, 0.6) is 0 Å². The van der Waals surface area contributed by atoms with E-state index in [4.69, 9.17) is 0 Å². The highest BCUT2D eigenvalue weighted by molar-refractivity contribution is 6.21. The number of aryl methyl sites for hydroxylation is 1. The molecule has 1 aliphatic heterocycles. The molecule has 5 heteroatoms. The van der Waals surface area contributed by atoms with Gasteiger partial charge in [0, 0.05) is 13.1 Å². The number of hydrogen-bond donors (Lipinski definition) is 0. The lowest BCUT2D eigenvalue weighted by Gasteiger charge is -2.13. The van der Waals surface area contributed by atoms with Crippen LogP contribution in [0, 0.1) is 0 Å². The minimum absolute atomic E-state index is 0.157. The van der Waals surface area contributed by atoms with E-state index in [0.717, 1.165) is 37.7 Å². The van der Waals surface area contributed by atoms with Gasteiger partial charge in [0.15, 0.2) is 0 Å². The number of aromatic nitrogens is 2. The third kappa shape index (κ3) is 3.01. The lowest BCUT2D eigenvalue weighted by atomic mass is 10.1. The van der Waals surface area contributed by atoms with Crippen molar-refractivity contribution >= 4 is 22.8 Å². The molecule has 2 aromatic carbocycles. The molecular weight excluding hydrogens is 326 g/mol. The van der Waals surface area contributed by atoms with Gasteiger partial charge in [-0.25, -0.2) is 4.98 Å². The SMILES string of the molecule is O=C1c2ccccc2C(=O)N1CCCCCCn1cnc2ccccc21. The standard InChI is InChI=1S/C21H21N3O2/c25-20-16-9-3-4-10-17(16)21(26)24(20)14-8-2-1-7-13-23-15-22-18-11-5-6-12-19(18)23/h3-6,9-12,15H,1-2,7-8,13-14H2. The van der Waals surface area contributed by atoms with Gasteiger partial charge in [-0.2, -0.15) is 0 Å². The van der Waals surface area contributed by atoms with Crippen LogP contribution in [-0.4, -0.2) is 32.8 Å². The number of amides is 2. The number of carbonyl (C=O) groups excluding carboxylic acids is 2. The lowest BCUT2D eigenvalue weighted by molar-refractivity contribution is 0.0651. The molecule has 26 heavy (non-hydrogen) atoms. The van der Waals surface area contributed by atoms with Gasteiger partial charge in [-0.05, 0) is 37.1 Å². The van der Waals surface area contributed by atoms with E-state index < -0.39 is 0 Å². The minimum atomic E-state index is -0.157. The first-order valence-electron chi connectivity index (χ1n) is 9.11. The van der Waals surface area contributed by atoms with Crippen LogP contribution in [-0.2, 0) is 6.54 Å². The van der Waals surface area contributed by atoms with Crippen LogP contribution in [0.4, 0.5) is 0 Å². The highest BCUT2D eigenvalue weighted by Gasteiger charge is 2.34. The number of hydrogen-bond acceptors (Lipinski definition) is 3. The molecule has 0 unspecified atom stereocenters. The van der Waals surface area contributed by atoms with Gasteiger partial charge in [-0.3, -0.25) is 14.5 Å². The summed E-state index contributed by atoms with van der Waals surface area (Å²) in [5.41, 5.74) is 3.26. The van der Waals surface area contributed by atoms with Crippen LogP contribution >= 0.6 is 0 Å². The molecule has 0 bridgehead atoms. The first kappa shape index (κ1) is 16.5. The summed E-state index contributed by atoms with van der Waals surface area (Å²) < 4.78 is 2.18. The predicted molar refractivity (Wildman–Crippen MR) is 100 cm³/mol. The normalized spacial score (nSPS) is 13.6. The van der Waals surface area contributed by atoms with Crippen molar-refractivity contribution in [3.8, 4) is 0 Å². The Morgan fingerprint density at radius 3 is 2.08 bits per heavy atom. The van der Waals surface area contributed by atoms with Gasteiger partial charge >= 0.3 is 0 Å². The van der Waals surface area contributed by atoms with Crippen LogP contribution in [0.1, 0.15) is 46.4 Å². The Hall–Kier alpha value is -2.95. The van der Waals surface area contributed by atoms with Crippen LogP contribution in [0.25, 0.3) is 11.0 Å². The fourth-order valence-electron chi connectivity index (χ4n) is 3.54. The second kappa shape index (κ2) is 7.12. The molecule has 3 aromatic rings.